The average Bonchev–Trinajstić information content (AvgIpc) is 2.66. The van der Waals surface area contributed by atoms with Gasteiger partial charge in [0, 0.05) is 6.04 Å². The number of aliphatic hydroxyl groups is 1. The van der Waals surface area contributed by atoms with Gasteiger partial charge in [0.2, 0.25) is 0 Å². The molecule has 0 aliphatic carbocycles. The van der Waals surface area contributed by atoms with E-state index in [1.807, 2.05) is 30.3 Å². The summed E-state index contributed by atoms with van der Waals surface area (Å²) < 4.78 is 26.2. The summed E-state index contributed by atoms with van der Waals surface area (Å²) in [6.45, 7) is 4.15. The van der Waals surface area contributed by atoms with Gasteiger partial charge in [0.25, 0.3) is 0 Å². The topological polar surface area (TPSA) is 80.4 Å². The van der Waals surface area contributed by atoms with E-state index >= 15 is 0 Å². The maximum Gasteiger partial charge on any atom is 0.181 e. The molecule has 0 heterocycles. The first kappa shape index (κ1) is 21.6. The van der Waals surface area contributed by atoms with E-state index in [-0.39, 0.29) is 6.42 Å². The SMILES string of the molecule is CC(C)CCC(CC(O)C(N)Cc1ccccc1)S(=O)(=O)c1ccccc1. The van der Waals surface area contributed by atoms with E-state index in [0.29, 0.717) is 23.7 Å². The number of hydrogen-bond acceptors (Lipinski definition) is 4. The Balaban J connectivity index is 2.13. The maximum absolute atomic E-state index is 13.1. The number of aliphatic hydroxyl groups excluding tert-OH is 1. The Labute approximate surface area is 163 Å². The maximum atomic E-state index is 13.1. The minimum Gasteiger partial charge on any atom is -0.391 e. The second kappa shape index (κ2) is 10.0. The summed E-state index contributed by atoms with van der Waals surface area (Å²) in [5.74, 6) is 0.397. The van der Waals surface area contributed by atoms with E-state index in [4.69, 9.17) is 5.73 Å². The molecule has 0 fully saturated rings. The molecule has 0 aliphatic heterocycles. The Kier molecular flexibility index (Phi) is 8.02. The molecule has 27 heavy (non-hydrogen) atoms. The van der Waals surface area contributed by atoms with E-state index in [0.717, 1.165) is 12.0 Å². The molecule has 148 valence electrons. The molecule has 0 saturated heterocycles. The van der Waals surface area contributed by atoms with Gasteiger partial charge < -0.3 is 10.8 Å². The summed E-state index contributed by atoms with van der Waals surface area (Å²) in [6, 6.07) is 17.7. The average molecular weight is 390 g/mol. The largest absolute Gasteiger partial charge is 0.391 e. The van der Waals surface area contributed by atoms with Crippen LogP contribution in [0.25, 0.3) is 0 Å². The monoisotopic (exact) mass is 389 g/mol. The first-order valence-corrected chi connectivity index (χ1v) is 11.1. The van der Waals surface area contributed by atoms with E-state index in [1.54, 1.807) is 30.3 Å². The van der Waals surface area contributed by atoms with Crippen molar-refractivity contribution in [1.82, 2.24) is 0 Å². The first-order chi connectivity index (χ1) is 12.8. The van der Waals surface area contributed by atoms with Crippen LogP contribution in [0.4, 0.5) is 0 Å². The Morgan fingerprint density at radius 1 is 0.926 bits per heavy atom. The van der Waals surface area contributed by atoms with Gasteiger partial charge in [-0.3, -0.25) is 0 Å². The quantitative estimate of drug-likeness (QED) is 0.651. The van der Waals surface area contributed by atoms with Gasteiger partial charge in [-0.2, -0.15) is 0 Å². The van der Waals surface area contributed by atoms with Crippen molar-refractivity contribution in [3.05, 3.63) is 66.2 Å². The lowest BCUT2D eigenvalue weighted by atomic mass is 9.96. The molecule has 3 atom stereocenters. The summed E-state index contributed by atoms with van der Waals surface area (Å²) in [6.07, 6.45) is 1.10. The van der Waals surface area contributed by atoms with E-state index in [2.05, 4.69) is 13.8 Å². The van der Waals surface area contributed by atoms with Crippen LogP contribution in [0.5, 0.6) is 0 Å². The highest BCUT2D eigenvalue weighted by atomic mass is 32.2. The Morgan fingerprint density at radius 3 is 2.04 bits per heavy atom. The molecule has 0 amide bonds. The molecule has 0 spiro atoms. The predicted octanol–water partition coefficient (Wildman–Crippen LogP) is 3.59. The second-order valence-corrected chi connectivity index (χ2v) is 9.84. The lowest BCUT2D eigenvalue weighted by Gasteiger charge is -2.25. The summed E-state index contributed by atoms with van der Waals surface area (Å²) in [5, 5.41) is 10.00. The molecule has 4 nitrogen and oxygen atoms in total. The highest BCUT2D eigenvalue weighted by Gasteiger charge is 2.31. The van der Waals surface area contributed by atoms with Crippen molar-refractivity contribution in [1.29, 1.82) is 0 Å². The van der Waals surface area contributed by atoms with Crippen molar-refractivity contribution in [2.24, 2.45) is 11.7 Å². The predicted molar refractivity (Wildman–Crippen MR) is 110 cm³/mol. The normalized spacial score (nSPS) is 15.4. The number of hydrogen-bond donors (Lipinski definition) is 2. The molecule has 2 aromatic rings. The van der Waals surface area contributed by atoms with Gasteiger partial charge in [0.15, 0.2) is 9.84 Å². The third-order valence-corrected chi connectivity index (χ3v) is 7.12. The molecule has 5 heteroatoms. The highest BCUT2D eigenvalue weighted by Crippen LogP contribution is 2.25. The zero-order valence-electron chi connectivity index (χ0n) is 16.2. The van der Waals surface area contributed by atoms with Crippen molar-refractivity contribution < 1.29 is 13.5 Å². The second-order valence-electron chi connectivity index (χ2n) is 7.61. The number of rotatable bonds is 10. The van der Waals surface area contributed by atoms with Gasteiger partial charge in [-0.1, -0.05) is 62.4 Å². The Hall–Kier alpha value is -1.69. The fourth-order valence-corrected chi connectivity index (χ4v) is 5.01. The summed E-state index contributed by atoms with van der Waals surface area (Å²) >= 11 is 0. The van der Waals surface area contributed by atoms with Crippen molar-refractivity contribution in [3.63, 3.8) is 0 Å². The van der Waals surface area contributed by atoms with Gasteiger partial charge in [0.05, 0.1) is 16.2 Å². The minimum atomic E-state index is -3.51. The van der Waals surface area contributed by atoms with E-state index in [1.165, 1.54) is 0 Å². The molecular weight excluding hydrogens is 358 g/mol. The molecule has 2 aromatic carbocycles. The zero-order chi connectivity index (χ0) is 19.9. The molecule has 3 N–H and O–H groups in total. The van der Waals surface area contributed by atoms with Crippen LogP contribution >= 0.6 is 0 Å². The van der Waals surface area contributed by atoms with Crippen LogP contribution < -0.4 is 5.73 Å². The van der Waals surface area contributed by atoms with Crippen LogP contribution in [0.15, 0.2) is 65.6 Å². The number of sulfone groups is 1. The third-order valence-electron chi connectivity index (χ3n) is 4.89. The van der Waals surface area contributed by atoms with Gasteiger partial charge in [0.1, 0.15) is 0 Å². The van der Waals surface area contributed by atoms with Crippen LogP contribution in [-0.2, 0) is 16.3 Å². The molecule has 0 radical (unpaired) electrons. The Morgan fingerprint density at radius 2 is 1.48 bits per heavy atom. The van der Waals surface area contributed by atoms with Crippen LogP contribution in [0.2, 0.25) is 0 Å². The van der Waals surface area contributed by atoms with Crippen LogP contribution in [-0.4, -0.2) is 30.9 Å². The first-order valence-electron chi connectivity index (χ1n) is 9.57. The standard InChI is InChI=1S/C22H31NO3S/c1-17(2)13-14-20(27(25,26)19-11-7-4-8-12-19)16-22(24)21(23)15-18-9-5-3-6-10-18/h3-12,17,20-22,24H,13-16,23H2,1-2H3. The Bertz CT molecular complexity index is 776. The molecule has 0 bridgehead atoms. The third kappa shape index (κ3) is 6.45. The highest BCUT2D eigenvalue weighted by molar-refractivity contribution is 7.92. The molecule has 3 unspecified atom stereocenters. The van der Waals surface area contributed by atoms with Gasteiger partial charge in [-0.25, -0.2) is 8.42 Å². The van der Waals surface area contributed by atoms with Gasteiger partial charge in [-0.15, -0.1) is 0 Å². The van der Waals surface area contributed by atoms with Gasteiger partial charge >= 0.3 is 0 Å². The van der Waals surface area contributed by atoms with Gasteiger partial charge in [-0.05, 0) is 49.3 Å². The number of benzene rings is 2. The van der Waals surface area contributed by atoms with Crippen LogP contribution in [0.3, 0.4) is 0 Å². The van der Waals surface area contributed by atoms with Crippen LogP contribution in [0, 0.1) is 5.92 Å². The van der Waals surface area contributed by atoms with E-state index in [9.17, 15) is 13.5 Å². The zero-order valence-corrected chi connectivity index (χ0v) is 17.0. The summed E-state index contributed by atoms with van der Waals surface area (Å²) in [5.41, 5.74) is 7.23. The fourth-order valence-electron chi connectivity index (χ4n) is 3.19. The van der Waals surface area contributed by atoms with Crippen molar-refractivity contribution in [2.75, 3.05) is 0 Å². The number of nitrogens with two attached hydrogens (primary N) is 1. The summed E-state index contributed by atoms with van der Waals surface area (Å²) in [7, 11) is -3.51. The van der Waals surface area contributed by atoms with Crippen molar-refractivity contribution in [2.45, 2.75) is 61.8 Å². The smallest absolute Gasteiger partial charge is 0.181 e. The van der Waals surface area contributed by atoms with Crippen LogP contribution in [0.1, 0.15) is 38.7 Å². The molecular formula is C22H31NO3S. The lowest BCUT2D eigenvalue weighted by molar-refractivity contribution is 0.131. The summed E-state index contributed by atoms with van der Waals surface area (Å²) in [4.78, 5) is 0.308. The van der Waals surface area contributed by atoms with Crippen molar-refractivity contribution in [3.8, 4) is 0 Å². The molecule has 0 aliphatic rings. The molecule has 2 rings (SSSR count). The molecule has 0 saturated carbocycles. The van der Waals surface area contributed by atoms with E-state index < -0.39 is 27.2 Å². The fraction of sp³-hybridized carbons (Fsp3) is 0.455. The minimum absolute atomic E-state index is 0.151. The van der Waals surface area contributed by atoms with Crippen molar-refractivity contribution >= 4 is 9.84 Å². The molecule has 0 aromatic heterocycles. The lowest BCUT2D eigenvalue weighted by Crippen LogP contribution is -2.40.